The zero-order chi connectivity index (χ0) is 16.1. The lowest BCUT2D eigenvalue weighted by Gasteiger charge is -2.35. The number of benzene rings is 1. The zero-order valence-corrected chi connectivity index (χ0v) is 15.3. The van der Waals surface area contributed by atoms with Gasteiger partial charge in [0, 0.05) is 5.02 Å². The summed E-state index contributed by atoms with van der Waals surface area (Å²) in [6, 6.07) is 6.40. The molecule has 0 saturated heterocycles. The number of hydrogen-bond donors (Lipinski definition) is 0. The van der Waals surface area contributed by atoms with Crippen LogP contribution in [0, 0.1) is 17.8 Å². The van der Waals surface area contributed by atoms with E-state index in [4.69, 9.17) is 16.3 Å². The summed E-state index contributed by atoms with van der Waals surface area (Å²) >= 11 is 6.22. The van der Waals surface area contributed by atoms with E-state index in [0.29, 0.717) is 5.92 Å². The van der Waals surface area contributed by atoms with Gasteiger partial charge in [0.2, 0.25) is 0 Å². The predicted octanol–water partition coefficient (Wildman–Crippen LogP) is 6.28. The van der Waals surface area contributed by atoms with Crippen molar-refractivity contribution >= 4 is 11.6 Å². The molecule has 1 aliphatic heterocycles. The van der Waals surface area contributed by atoms with Gasteiger partial charge in [-0.3, -0.25) is 0 Å². The maximum Gasteiger partial charge on any atom is 0.0977 e. The van der Waals surface area contributed by atoms with Gasteiger partial charge in [-0.1, -0.05) is 38.4 Å². The molecule has 1 heterocycles. The van der Waals surface area contributed by atoms with E-state index in [2.05, 4.69) is 32.9 Å². The first-order valence-electron chi connectivity index (χ1n) is 8.91. The van der Waals surface area contributed by atoms with Gasteiger partial charge in [-0.25, -0.2) is 0 Å². The molecule has 1 aromatic carbocycles. The molecule has 1 aromatic rings. The molecule has 0 N–H and O–H groups in total. The SMILES string of the molecule is CC.CC1CC2CC(C1)C1(C2)OC(C)(C)c2cc(Cl)ccc21. The molecule has 0 aromatic heterocycles. The summed E-state index contributed by atoms with van der Waals surface area (Å²) < 4.78 is 6.73. The molecule has 2 aliphatic carbocycles. The second kappa shape index (κ2) is 5.53. The third kappa shape index (κ3) is 2.32. The van der Waals surface area contributed by atoms with Crippen LogP contribution in [0.25, 0.3) is 0 Å². The summed E-state index contributed by atoms with van der Waals surface area (Å²) in [4.78, 5) is 0. The molecule has 2 bridgehead atoms. The van der Waals surface area contributed by atoms with Crippen molar-refractivity contribution < 1.29 is 4.74 Å². The Bertz CT molecular complexity index is 565. The van der Waals surface area contributed by atoms with Gasteiger partial charge in [-0.05, 0) is 80.5 Å². The van der Waals surface area contributed by atoms with Crippen LogP contribution in [0.4, 0.5) is 0 Å². The van der Waals surface area contributed by atoms with Crippen LogP contribution >= 0.6 is 11.6 Å². The van der Waals surface area contributed by atoms with E-state index in [-0.39, 0.29) is 11.2 Å². The molecule has 0 amide bonds. The molecular weight excluding hydrogens is 292 g/mol. The summed E-state index contributed by atoms with van der Waals surface area (Å²) in [6.45, 7) is 10.8. The Balaban J connectivity index is 0.000000693. The first-order valence-corrected chi connectivity index (χ1v) is 9.29. The monoisotopic (exact) mass is 320 g/mol. The molecular formula is C20H29ClO. The van der Waals surface area contributed by atoms with Crippen LogP contribution < -0.4 is 0 Å². The van der Waals surface area contributed by atoms with Crippen molar-refractivity contribution in [3.05, 3.63) is 34.3 Å². The highest BCUT2D eigenvalue weighted by molar-refractivity contribution is 6.30. The Morgan fingerprint density at radius 1 is 1.09 bits per heavy atom. The lowest BCUT2D eigenvalue weighted by Crippen LogP contribution is -2.33. The lowest BCUT2D eigenvalue weighted by atomic mass is 9.77. The molecule has 1 nitrogen and oxygen atoms in total. The van der Waals surface area contributed by atoms with E-state index >= 15 is 0 Å². The highest BCUT2D eigenvalue weighted by Crippen LogP contribution is 2.63. The fourth-order valence-corrected chi connectivity index (χ4v) is 5.46. The van der Waals surface area contributed by atoms with Gasteiger partial charge in [0.15, 0.2) is 0 Å². The minimum Gasteiger partial charge on any atom is -0.359 e. The molecule has 122 valence electrons. The van der Waals surface area contributed by atoms with Gasteiger partial charge in [-0.2, -0.15) is 0 Å². The molecule has 22 heavy (non-hydrogen) atoms. The maximum absolute atomic E-state index is 6.73. The highest BCUT2D eigenvalue weighted by Gasteiger charge is 2.59. The zero-order valence-electron chi connectivity index (χ0n) is 14.6. The van der Waals surface area contributed by atoms with Gasteiger partial charge in [0.05, 0.1) is 11.2 Å². The summed E-state index contributed by atoms with van der Waals surface area (Å²) in [5.41, 5.74) is 2.50. The Kier molecular flexibility index (Phi) is 4.10. The van der Waals surface area contributed by atoms with Crippen molar-refractivity contribution in [1.29, 1.82) is 0 Å². The molecule has 2 saturated carbocycles. The number of hydrogen-bond acceptors (Lipinski definition) is 1. The first kappa shape index (κ1) is 16.3. The minimum absolute atomic E-state index is 0.0289. The van der Waals surface area contributed by atoms with E-state index in [1.54, 1.807) is 0 Å². The average molecular weight is 321 g/mol. The summed E-state index contributed by atoms with van der Waals surface area (Å²) in [6.07, 6.45) is 5.25. The second-order valence-corrected chi connectivity index (χ2v) is 8.21. The third-order valence-electron chi connectivity index (χ3n) is 5.82. The van der Waals surface area contributed by atoms with Crippen molar-refractivity contribution in [2.24, 2.45) is 17.8 Å². The molecule has 4 atom stereocenters. The van der Waals surface area contributed by atoms with Crippen molar-refractivity contribution in [2.75, 3.05) is 0 Å². The van der Waals surface area contributed by atoms with Crippen LogP contribution in [0.3, 0.4) is 0 Å². The van der Waals surface area contributed by atoms with Crippen LogP contribution in [-0.2, 0) is 15.9 Å². The molecule has 3 aliphatic rings. The number of rotatable bonds is 0. The summed E-state index contributed by atoms with van der Waals surface area (Å²) in [7, 11) is 0. The van der Waals surface area contributed by atoms with Crippen LogP contribution in [0.2, 0.25) is 5.02 Å². The van der Waals surface area contributed by atoms with Gasteiger partial charge in [-0.15, -0.1) is 0 Å². The molecule has 4 unspecified atom stereocenters. The van der Waals surface area contributed by atoms with Gasteiger partial charge < -0.3 is 4.74 Å². The predicted molar refractivity (Wildman–Crippen MR) is 93.2 cm³/mol. The number of halogens is 1. The highest BCUT2D eigenvalue weighted by atomic mass is 35.5. The van der Waals surface area contributed by atoms with E-state index in [9.17, 15) is 0 Å². The Morgan fingerprint density at radius 2 is 1.82 bits per heavy atom. The average Bonchev–Trinajstić information content (AvgIpc) is 2.84. The minimum atomic E-state index is -0.207. The van der Waals surface area contributed by atoms with Gasteiger partial charge >= 0.3 is 0 Å². The number of fused-ring (bicyclic) bond motifs is 5. The molecule has 2 heteroatoms. The van der Waals surface area contributed by atoms with Crippen molar-refractivity contribution in [3.8, 4) is 0 Å². The van der Waals surface area contributed by atoms with Crippen LogP contribution in [0.1, 0.15) is 71.4 Å². The van der Waals surface area contributed by atoms with E-state index in [1.807, 2.05) is 19.9 Å². The standard InChI is InChI=1S/C18H23ClO.C2H6/c1-11-6-12-8-13(7-11)18(10-12)15-5-4-14(19)9-16(15)17(2,3)20-18;1-2/h4-5,9,11-13H,6-8,10H2,1-3H3;1-2H3. The van der Waals surface area contributed by atoms with Gasteiger partial charge in [0.25, 0.3) is 0 Å². The largest absolute Gasteiger partial charge is 0.359 e. The maximum atomic E-state index is 6.73. The van der Waals surface area contributed by atoms with E-state index in [0.717, 1.165) is 16.9 Å². The van der Waals surface area contributed by atoms with E-state index < -0.39 is 0 Å². The quantitative estimate of drug-likeness (QED) is 0.546. The smallest absolute Gasteiger partial charge is 0.0977 e. The molecule has 4 rings (SSSR count). The molecule has 1 spiro atoms. The van der Waals surface area contributed by atoms with Crippen molar-refractivity contribution in [3.63, 3.8) is 0 Å². The fourth-order valence-electron chi connectivity index (χ4n) is 5.29. The Labute approximate surface area is 140 Å². The van der Waals surface area contributed by atoms with Crippen LogP contribution in [0.5, 0.6) is 0 Å². The number of ether oxygens (including phenoxy) is 1. The Morgan fingerprint density at radius 3 is 2.55 bits per heavy atom. The molecule has 0 radical (unpaired) electrons. The van der Waals surface area contributed by atoms with E-state index in [1.165, 1.54) is 36.8 Å². The van der Waals surface area contributed by atoms with Crippen molar-refractivity contribution in [2.45, 2.75) is 71.5 Å². The Hall–Kier alpha value is -0.530. The van der Waals surface area contributed by atoms with Crippen LogP contribution in [0.15, 0.2) is 18.2 Å². The fraction of sp³-hybridized carbons (Fsp3) is 0.700. The van der Waals surface area contributed by atoms with Crippen LogP contribution in [-0.4, -0.2) is 0 Å². The first-order chi connectivity index (χ1) is 10.4. The second-order valence-electron chi connectivity index (χ2n) is 7.77. The third-order valence-corrected chi connectivity index (χ3v) is 6.05. The van der Waals surface area contributed by atoms with Gasteiger partial charge in [0.1, 0.15) is 0 Å². The summed E-state index contributed by atoms with van der Waals surface area (Å²) in [5, 5.41) is 0.826. The topological polar surface area (TPSA) is 9.23 Å². The summed E-state index contributed by atoms with van der Waals surface area (Å²) in [5.74, 6) is 2.39. The lowest BCUT2D eigenvalue weighted by molar-refractivity contribution is -0.146. The molecule has 2 fully saturated rings. The van der Waals surface area contributed by atoms with Crippen molar-refractivity contribution in [1.82, 2.24) is 0 Å². The normalized spacial score (nSPS) is 37.6.